The summed E-state index contributed by atoms with van der Waals surface area (Å²) in [4.78, 5) is 41.1. The summed E-state index contributed by atoms with van der Waals surface area (Å²) in [6, 6.07) is 19.7. The molecular formula is C30H33FN4O3. The van der Waals surface area contributed by atoms with Crippen molar-refractivity contribution in [1.82, 2.24) is 10.6 Å². The quantitative estimate of drug-likeness (QED) is 0.440. The van der Waals surface area contributed by atoms with Crippen LogP contribution < -0.4 is 20.9 Å². The third kappa shape index (κ3) is 6.56. The maximum absolute atomic E-state index is 14.5. The average molecular weight is 517 g/mol. The SMILES string of the molecule is Cc1cccc(NC(=O)NC2CC(c3ccccc3)c3ccc(F)cc3N(CC(=O)NC(C)(C)C)C2=O)c1. The predicted molar refractivity (Wildman–Crippen MR) is 147 cm³/mol. The molecule has 1 heterocycles. The molecule has 0 aliphatic carbocycles. The predicted octanol–water partition coefficient (Wildman–Crippen LogP) is 5.11. The molecule has 4 amide bonds. The highest BCUT2D eigenvalue weighted by Gasteiger charge is 2.38. The molecule has 3 N–H and O–H groups in total. The van der Waals surface area contributed by atoms with Crippen LogP contribution in [-0.2, 0) is 9.59 Å². The highest BCUT2D eigenvalue weighted by molar-refractivity contribution is 6.05. The van der Waals surface area contributed by atoms with Gasteiger partial charge in [0.05, 0.1) is 5.69 Å². The zero-order chi connectivity index (χ0) is 27.4. The summed E-state index contributed by atoms with van der Waals surface area (Å²) in [7, 11) is 0. The lowest BCUT2D eigenvalue weighted by molar-refractivity contribution is -0.125. The van der Waals surface area contributed by atoms with Crippen molar-refractivity contribution >= 4 is 29.2 Å². The summed E-state index contributed by atoms with van der Waals surface area (Å²) in [5.74, 6) is -1.72. The lowest BCUT2D eigenvalue weighted by atomic mass is 9.86. The second-order valence-corrected chi connectivity index (χ2v) is 10.6. The van der Waals surface area contributed by atoms with Gasteiger partial charge in [0.15, 0.2) is 0 Å². The first-order valence-corrected chi connectivity index (χ1v) is 12.6. The summed E-state index contributed by atoms with van der Waals surface area (Å²) >= 11 is 0. The first-order chi connectivity index (χ1) is 18.0. The van der Waals surface area contributed by atoms with Crippen LogP contribution in [-0.4, -0.2) is 36.0 Å². The van der Waals surface area contributed by atoms with Crippen molar-refractivity contribution in [3.05, 3.63) is 95.3 Å². The minimum atomic E-state index is -0.970. The topological polar surface area (TPSA) is 90.5 Å². The number of benzene rings is 3. The van der Waals surface area contributed by atoms with Crippen molar-refractivity contribution < 1.29 is 18.8 Å². The van der Waals surface area contributed by atoms with E-state index in [2.05, 4.69) is 16.0 Å². The fraction of sp³-hybridized carbons (Fsp3) is 0.300. The molecule has 0 bridgehead atoms. The van der Waals surface area contributed by atoms with Crippen molar-refractivity contribution in [2.24, 2.45) is 0 Å². The maximum atomic E-state index is 14.5. The molecule has 3 aromatic carbocycles. The van der Waals surface area contributed by atoms with E-state index in [0.29, 0.717) is 16.9 Å². The number of rotatable bonds is 5. The highest BCUT2D eigenvalue weighted by Crippen LogP contribution is 2.39. The molecule has 7 nitrogen and oxygen atoms in total. The number of hydrogen-bond acceptors (Lipinski definition) is 3. The Balaban J connectivity index is 1.72. The Labute approximate surface area is 222 Å². The van der Waals surface area contributed by atoms with E-state index >= 15 is 0 Å². The molecule has 0 fully saturated rings. The van der Waals surface area contributed by atoms with Gasteiger partial charge in [-0.3, -0.25) is 9.59 Å². The summed E-state index contributed by atoms with van der Waals surface area (Å²) < 4.78 is 14.5. The molecule has 0 aromatic heterocycles. The fourth-order valence-corrected chi connectivity index (χ4v) is 4.75. The number of carbonyl (C=O) groups excluding carboxylic acids is 3. The number of hydrogen-bond donors (Lipinski definition) is 3. The highest BCUT2D eigenvalue weighted by atomic mass is 19.1. The van der Waals surface area contributed by atoms with Crippen LogP contribution in [0.3, 0.4) is 0 Å². The number of halogens is 1. The summed E-state index contributed by atoms with van der Waals surface area (Å²) in [5, 5.41) is 8.46. The monoisotopic (exact) mass is 516 g/mol. The van der Waals surface area contributed by atoms with E-state index in [9.17, 15) is 18.8 Å². The van der Waals surface area contributed by atoms with Gasteiger partial charge in [-0.15, -0.1) is 0 Å². The molecule has 0 radical (unpaired) electrons. The Hall–Kier alpha value is -4.20. The maximum Gasteiger partial charge on any atom is 0.319 e. The van der Waals surface area contributed by atoms with E-state index in [1.165, 1.54) is 17.0 Å². The van der Waals surface area contributed by atoms with Gasteiger partial charge in [-0.05, 0) is 75.1 Å². The Bertz CT molecular complexity index is 1340. The van der Waals surface area contributed by atoms with E-state index in [0.717, 1.165) is 11.1 Å². The van der Waals surface area contributed by atoms with Crippen LogP contribution in [0.4, 0.5) is 20.6 Å². The Kier molecular flexibility index (Phi) is 7.80. The molecule has 1 aliphatic heterocycles. The molecule has 0 spiro atoms. The van der Waals surface area contributed by atoms with Crippen LogP contribution in [0.15, 0.2) is 72.8 Å². The van der Waals surface area contributed by atoms with Gasteiger partial charge in [0.25, 0.3) is 0 Å². The first-order valence-electron chi connectivity index (χ1n) is 12.6. The second-order valence-electron chi connectivity index (χ2n) is 10.6. The number of aryl methyl sites for hydroxylation is 1. The van der Waals surface area contributed by atoms with Gasteiger partial charge in [0.1, 0.15) is 18.4 Å². The van der Waals surface area contributed by atoms with Crippen molar-refractivity contribution in [3.8, 4) is 0 Å². The summed E-state index contributed by atoms with van der Waals surface area (Å²) in [6.07, 6.45) is 0.236. The van der Waals surface area contributed by atoms with Crippen LogP contribution in [0.1, 0.15) is 49.8 Å². The number of urea groups is 1. The van der Waals surface area contributed by atoms with Gasteiger partial charge < -0.3 is 20.9 Å². The van der Waals surface area contributed by atoms with E-state index in [4.69, 9.17) is 0 Å². The van der Waals surface area contributed by atoms with Gasteiger partial charge in [0.2, 0.25) is 11.8 Å². The van der Waals surface area contributed by atoms with Gasteiger partial charge in [-0.25, -0.2) is 9.18 Å². The number of carbonyl (C=O) groups is 3. The molecule has 0 saturated carbocycles. The Morgan fingerprint density at radius 2 is 1.74 bits per heavy atom. The molecule has 2 atom stereocenters. The zero-order valence-electron chi connectivity index (χ0n) is 22.0. The lowest BCUT2D eigenvalue weighted by Gasteiger charge is -2.28. The third-order valence-corrected chi connectivity index (χ3v) is 6.29. The van der Waals surface area contributed by atoms with Crippen LogP contribution >= 0.6 is 0 Å². The van der Waals surface area contributed by atoms with Crippen molar-refractivity contribution in [2.75, 3.05) is 16.8 Å². The fourth-order valence-electron chi connectivity index (χ4n) is 4.75. The summed E-state index contributed by atoms with van der Waals surface area (Å²) in [5.41, 5.74) is 2.99. The molecule has 2 unspecified atom stereocenters. The van der Waals surface area contributed by atoms with E-state index in [-0.39, 0.29) is 24.8 Å². The third-order valence-electron chi connectivity index (χ3n) is 6.29. The second kappa shape index (κ2) is 11.0. The van der Waals surface area contributed by atoms with Crippen LogP contribution in [0, 0.1) is 12.7 Å². The minimum absolute atomic E-state index is 0.236. The number of fused-ring (bicyclic) bond motifs is 1. The van der Waals surface area contributed by atoms with Gasteiger partial charge in [-0.2, -0.15) is 0 Å². The lowest BCUT2D eigenvalue weighted by Crippen LogP contribution is -2.53. The van der Waals surface area contributed by atoms with Crippen LogP contribution in [0.25, 0.3) is 0 Å². The standard InChI is InChI=1S/C30H33FN4O3/c1-19-9-8-12-22(15-19)32-29(38)33-25-17-24(20-10-6-5-7-11-20)23-14-13-21(31)16-26(23)35(28(25)37)18-27(36)34-30(2,3)4/h5-16,24-25H,17-18H2,1-4H3,(H,34,36)(H2,32,33,38). The Morgan fingerprint density at radius 1 is 1.00 bits per heavy atom. The molecule has 8 heteroatoms. The largest absolute Gasteiger partial charge is 0.350 e. The number of anilines is 2. The molecule has 0 saturated heterocycles. The molecule has 3 aromatic rings. The number of amides is 4. The van der Waals surface area contributed by atoms with Gasteiger partial charge >= 0.3 is 6.03 Å². The zero-order valence-corrected chi connectivity index (χ0v) is 22.0. The normalized spacial score (nSPS) is 17.3. The van der Waals surface area contributed by atoms with Gasteiger partial charge in [0, 0.05) is 17.1 Å². The average Bonchev–Trinajstić information content (AvgIpc) is 2.94. The number of nitrogens with zero attached hydrogens (tertiary/aromatic N) is 1. The van der Waals surface area contributed by atoms with Crippen LogP contribution in [0.2, 0.25) is 0 Å². The van der Waals surface area contributed by atoms with Crippen LogP contribution in [0.5, 0.6) is 0 Å². The number of nitrogens with one attached hydrogen (secondary N) is 3. The van der Waals surface area contributed by atoms with Crippen molar-refractivity contribution in [2.45, 2.75) is 51.6 Å². The Morgan fingerprint density at radius 3 is 2.42 bits per heavy atom. The van der Waals surface area contributed by atoms with Crippen molar-refractivity contribution in [1.29, 1.82) is 0 Å². The molecule has 38 heavy (non-hydrogen) atoms. The van der Waals surface area contributed by atoms with Gasteiger partial charge in [-0.1, -0.05) is 48.5 Å². The van der Waals surface area contributed by atoms with E-state index in [1.807, 2.05) is 76.2 Å². The summed E-state index contributed by atoms with van der Waals surface area (Å²) in [6.45, 7) is 7.13. The minimum Gasteiger partial charge on any atom is -0.350 e. The first kappa shape index (κ1) is 26.9. The van der Waals surface area contributed by atoms with Crippen molar-refractivity contribution in [3.63, 3.8) is 0 Å². The smallest absolute Gasteiger partial charge is 0.319 e. The molecule has 198 valence electrons. The van der Waals surface area contributed by atoms with E-state index in [1.54, 1.807) is 12.1 Å². The molecular weight excluding hydrogens is 483 g/mol. The molecule has 4 rings (SSSR count). The molecule has 1 aliphatic rings. The van der Waals surface area contributed by atoms with E-state index < -0.39 is 29.3 Å².